The third kappa shape index (κ3) is 6.94. The number of nitrogens with one attached hydrogen (secondary N) is 2. The molecule has 0 radical (unpaired) electrons. The molecule has 1 unspecified atom stereocenters. The lowest BCUT2D eigenvalue weighted by atomic mass is 10.1. The summed E-state index contributed by atoms with van der Waals surface area (Å²) in [5.74, 6) is -3.46. The second kappa shape index (κ2) is 9.89. The number of halogens is 8. The monoisotopic (exact) mass is 573 g/mol. The molecule has 0 saturated carbocycles. The van der Waals surface area contributed by atoms with Crippen LogP contribution in [0.4, 0.5) is 40.8 Å². The number of benzene rings is 2. The Balaban J connectivity index is 1.86. The summed E-state index contributed by atoms with van der Waals surface area (Å²) in [4.78, 5) is 16.4. The van der Waals surface area contributed by atoms with Crippen molar-refractivity contribution in [2.75, 3.05) is 11.0 Å². The van der Waals surface area contributed by atoms with Gasteiger partial charge >= 0.3 is 12.4 Å². The highest BCUT2D eigenvalue weighted by atomic mass is 32.2. The summed E-state index contributed by atoms with van der Waals surface area (Å²) in [5, 5.41) is 3.13. The third-order valence-electron chi connectivity index (χ3n) is 4.77. The molecule has 0 spiro atoms. The van der Waals surface area contributed by atoms with E-state index in [1.807, 2.05) is 0 Å². The molecule has 3 rings (SSSR count). The Morgan fingerprint density at radius 3 is 1.92 bits per heavy atom. The maximum Gasteiger partial charge on any atom is 0.416 e. The minimum absolute atomic E-state index is 0.0403. The van der Waals surface area contributed by atoms with E-state index in [9.17, 15) is 48.3 Å². The molecule has 0 fully saturated rings. The molecule has 0 aliphatic heterocycles. The summed E-state index contributed by atoms with van der Waals surface area (Å²) >= 11 is 0.613. The van der Waals surface area contributed by atoms with Gasteiger partial charge in [-0.05, 0) is 42.8 Å². The van der Waals surface area contributed by atoms with Gasteiger partial charge in [0.25, 0.3) is 5.91 Å². The van der Waals surface area contributed by atoms with Gasteiger partial charge in [0.2, 0.25) is 10.0 Å². The fourth-order valence-corrected chi connectivity index (χ4v) is 4.42. The number of hydrogen-bond acceptors (Lipinski definition) is 5. The van der Waals surface area contributed by atoms with E-state index in [0.29, 0.717) is 29.7 Å². The molecule has 16 heteroatoms. The molecule has 0 aliphatic carbocycles. The van der Waals surface area contributed by atoms with Crippen LogP contribution in [0.5, 0.6) is 0 Å². The van der Waals surface area contributed by atoms with Gasteiger partial charge in [-0.3, -0.25) is 9.52 Å². The van der Waals surface area contributed by atoms with Crippen molar-refractivity contribution in [2.45, 2.75) is 25.3 Å². The van der Waals surface area contributed by atoms with E-state index in [1.54, 1.807) is 4.72 Å². The Labute approximate surface area is 208 Å². The number of alkyl halides is 6. The molecule has 2 aromatic carbocycles. The van der Waals surface area contributed by atoms with Crippen molar-refractivity contribution in [3.8, 4) is 10.6 Å². The van der Waals surface area contributed by atoms with Gasteiger partial charge in [0.15, 0.2) is 11.6 Å². The molecule has 6 nitrogen and oxygen atoms in total. The second-order valence-corrected chi connectivity index (χ2v) is 10.4. The van der Waals surface area contributed by atoms with Crippen molar-refractivity contribution in [1.82, 2.24) is 10.3 Å². The first-order chi connectivity index (χ1) is 16.8. The van der Waals surface area contributed by atoms with Crippen molar-refractivity contribution < 1.29 is 48.3 Å². The van der Waals surface area contributed by atoms with Crippen LogP contribution in [-0.2, 0) is 22.4 Å². The molecule has 1 heterocycles. The standard InChI is InChI=1S/C21H15F8N3O3S2/c1-9(10-5-14(22)17(15(23)6-10)32-37(2,34)35)30-18(33)16-8-36-19(31-16)11-3-12(20(24,25)26)7-13(4-11)21(27,28)29/h3-9,32H,1-2H3,(H,30,33). The largest absolute Gasteiger partial charge is 0.416 e. The maximum absolute atomic E-state index is 14.2. The van der Waals surface area contributed by atoms with Crippen LogP contribution in [0.25, 0.3) is 10.6 Å². The minimum Gasteiger partial charge on any atom is -0.344 e. The van der Waals surface area contributed by atoms with Crippen LogP contribution in [0.15, 0.2) is 35.7 Å². The van der Waals surface area contributed by atoms with E-state index in [2.05, 4.69) is 10.3 Å². The molecule has 3 aromatic rings. The van der Waals surface area contributed by atoms with Gasteiger partial charge in [-0.1, -0.05) is 0 Å². The van der Waals surface area contributed by atoms with Gasteiger partial charge < -0.3 is 5.32 Å². The first-order valence-corrected chi connectivity index (χ1v) is 12.6. The summed E-state index contributed by atoms with van der Waals surface area (Å²) in [6.07, 6.45) is -9.45. The summed E-state index contributed by atoms with van der Waals surface area (Å²) in [5.41, 5.74) is -5.01. The first-order valence-electron chi connectivity index (χ1n) is 9.88. The summed E-state index contributed by atoms with van der Waals surface area (Å²) in [7, 11) is -3.98. The molecule has 37 heavy (non-hydrogen) atoms. The van der Waals surface area contributed by atoms with Gasteiger partial charge in [-0.25, -0.2) is 22.2 Å². The van der Waals surface area contributed by atoms with Crippen molar-refractivity contribution in [1.29, 1.82) is 0 Å². The average molecular weight is 573 g/mol. The number of rotatable bonds is 6. The van der Waals surface area contributed by atoms with E-state index in [4.69, 9.17) is 0 Å². The lowest BCUT2D eigenvalue weighted by Crippen LogP contribution is -2.27. The van der Waals surface area contributed by atoms with Gasteiger partial charge in [0.05, 0.1) is 23.4 Å². The van der Waals surface area contributed by atoms with Gasteiger partial charge in [0.1, 0.15) is 16.4 Å². The molecule has 0 bridgehead atoms. The number of sulfonamides is 1. The molecule has 1 aromatic heterocycles. The Morgan fingerprint density at radius 1 is 0.946 bits per heavy atom. The summed E-state index contributed by atoms with van der Waals surface area (Å²) in [6, 6.07) is 1.39. The number of amides is 1. The van der Waals surface area contributed by atoms with E-state index in [-0.39, 0.29) is 22.3 Å². The topological polar surface area (TPSA) is 88.2 Å². The van der Waals surface area contributed by atoms with Crippen molar-refractivity contribution >= 4 is 33.0 Å². The van der Waals surface area contributed by atoms with E-state index in [0.717, 1.165) is 17.5 Å². The Kier molecular flexibility index (Phi) is 7.56. The zero-order valence-corrected chi connectivity index (χ0v) is 20.2. The van der Waals surface area contributed by atoms with Gasteiger partial charge in [-0.15, -0.1) is 11.3 Å². The lowest BCUT2D eigenvalue weighted by Gasteiger charge is -2.16. The smallest absolute Gasteiger partial charge is 0.344 e. The Morgan fingerprint density at radius 2 is 1.46 bits per heavy atom. The predicted octanol–water partition coefficient (Wildman–Crippen LogP) is 5.99. The zero-order chi connectivity index (χ0) is 27.9. The molecule has 200 valence electrons. The SMILES string of the molecule is CC(NC(=O)c1csc(-c2cc(C(F)(F)F)cc(C(F)(F)F)c2)n1)c1cc(F)c(NS(C)(=O)=O)c(F)c1. The predicted molar refractivity (Wildman–Crippen MR) is 118 cm³/mol. The van der Waals surface area contributed by atoms with Crippen molar-refractivity contribution in [3.05, 3.63) is 69.7 Å². The molecular formula is C21H15F8N3O3S2. The quantitative estimate of drug-likeness (QED) is 0.355. The Hall–Kier alpha value is -3.27. The van der Waals surface area contributed by atoms with Gasteiger partial charge in [-0.2, -0.15) is 26.3 Å². The van der Waals surface area contributed by atoms with E-state index < -0.39 is 68.3 Å². The number of hydrogen-bond donors (Lipinski definition) is 2. The number of aromatic nitrogens is 1. The number of carbonyl (C=O) groups is 1. The van der Waals surface area contributed by atoms with Crippen LogP contribution in [-0.4, -0.2) is 25.6 Å². The lowest BCUT2D eigenvalue weighted by molar-refractivity contribution is -0.143. The second-order valence-electron chi connectivity index (χ2n) is 7.76. The third-order valence-corrected chi connectivity index (χ3v) is 6.24. The highest BCUT2D eigenvalue weighted by Crippen LogP contribution is 2.39. The van der Waals surface area contributed by atoms with E-state index in [1.165, 1.54) is 6.92 Å². The van der Waals surface area contributed by atoms with Crippen LogP contribution < -0.4 is 10.0 Å². The molecule has 0 aliphatic rings. The number of nitrogens with zero attached hydrogens (tertiary/aromatic N) is 1. The highest BCUT2D eigenvalue weighted by Gasteiger charge is 2.37. The summed E-state index contributed by atoms with van der Waals surface area (Å²) in [6.45, 7) is 1.32. The van der Waals surface area contributed by atoms with Crippen molar-refractivity contribution in [2.24, 2.45) is 0 Å². The Bertz CT molecular complexity index is 1390. The van der Waals surface area contributed by atoms with Crippen molar-refractivity contribution in [3.63, 3.8) is 0 Å². The fraction of sp³-hybridized carbons (Fsp3) is 0.238. The molecular weight excluding hydrogens is 558 g/mol. The van der Waals surface area contributed by atoms with Gasteiger partial charge in [0, 0.05) is 10.9 Å². The normalized spacial score (nSPS) is 13.4. The number of anilines is 1. The molecule has 2 N–H and O–H groups in total. The highest BCUT2D eigenvalue weighted by molar-refractivity contribution is 7.92. The number of thiazole rings is 1. The molecule has 0 saturated heterocycles. The molecule has 1 atom stereocenters. The van der Waals surface area contributed by atoms with Crippen LogP contribution >= 0.6 is 11.3 Å². The minimum atomic E-state index is -5.07. The fourth-order valence-electron chi connectivity index (χ4n) is 3.07. The van der Waals surface area contributed by atoms with Crippen LogP contribution in [0.1, 0.15) is 40.1 Å². The molecule has 1 amide bonds. The number of carbonyl (C=O) groups excluding carboxylic acids is 1. The maximum atomic E-state index is 14.2. The van der Waals surface area contributed by atoms with E-state index >= 15 is 0 Å². The summed E-state index contributed by atoms with van der Waals surface area (Å²) < 4.78 is 131. The van der Waals surface area contributed by atoms with Crippen LogP contribution in [0.2, 0.25) is 0 Å². The first kappa shape index (κ1) is 28.3. The zero-order valence-electron chi connectivity index (χ0n) is 18.6. The van der Waals surface area contributed by atoms with Crippen LogP contribution in [0.3, 0.4) is 0 Å². The van der Waals surface area contributed by atoms with Crippen LogP contribution in [0, 0.1) is 11.6 Å². The average Bonchev–Trinajstić information content (AvgIpc) is 3.24.